The van der Waals surface area contributed by atoms with E-state index in [2.05, 4.69) is 85.1 Å². The van der Waals surface area contributed by atoms with Crippen LogP contribution in [0.2, 0.25) is 0 Å². The highest BCUT2D eigenvalue weighted by Crippen LogP contribution is 2.29. The van der Waals surface area contributed by atoms with Crippen molar-refractivity contribution in [3.8, 4) is 17.1 Å². The molecule has 0 unspecified atom stereocenters. The Hall–Kier alpha value is -2.87. The van der Waals surface area contributed by atoms with Crippen LogP contribution in [0.4, 0.5) is 0 Å². The number of hydrogen-bond acceptors (Lipinski definition) is 1. The molecule has 0 bridgehead atoms. The van der Waals surface area contributed by atoms with Gasteiger partial charge in [0.15, 0.2) is 0 Å². The largest absolute Gasteiger partial charge is 0.292 e. The van der Waals surface area contributed by atoms with Gasteiger partial charge in [-0.3, -0.25) is 4.57 Å². The molecule has 3 aromatic carbocycles. The van der Waals surface area contributed by atoms with Crippen molar-refractivity contribution in [1.82, 2.24) is 9.55 Å². The maximum absolute atomic E-state index is 4.91. The molecule has 0 amide bonds. The van der Waals surface area contributed by atoms with Crippen LogP contribution in [0.5, 0.6) is 0 Å². The normalized spacial score (nSPS) is 11.0. The lowest BCUT2D eigenvalue weighted by Crippen LogP contribution is -1.97. The lowest BCUT2D eigenvalue weighted by Gasteiger charge is -2.10. The summed E-state index contributed by atoms with van der Waals surface area (Å²) in [4.78, 5) is 4.91. The van der Waals surface area contributed by atoms with Crippen molar-refractivity contribution >= 4 is 11.0 Å². The number of benzene rings is 3. The van der Waals surface area contributed by atoms with Crippen LogP contribution < -0.4 is 0 Å². The molecule has 1 heterocycles. The summed E-state index contributed by atoms with van der Waals surface area (Å²) in [5.74, 6) is 0.982. The number of rotatable bonds is 2. The van der Waals surface area contributed by atoms with E-state index in [9.17, 15) is 0 Å². The molecule has 0 aliphatic heterocycles. The molecule has 0 N–H and O–H groups in total. The van der Waals surface area contributed by atoms with E-state index in [0.29, 0.717) is 0 Å². The third kappa shape index (κ3) is 2.42. The van der Waals surface area contributed by atoms with Crippen molar-refractivity contribution in [2.75, 3.05) is 0 Å². The van der Waals surface area contributed by atoms with Gasteiger partial charge in [0.25, 0.3) is 0 Å². The average Bonchev–Trinajstić information content (AvgIpc) is 2.95. The van der Waals surface area contributed by atoms with Crippen LogP contribution in [-0.4, -0.2) is 9.55 Å². The first-order chi connectivity index (χ1) is 11.2. The number of imidazole rings is 1. The van der Waals surface area contributed by atoms with Crippen molar-refractivity contribution in [3.63, 3.8) is 0 Å². The molecule has 0 aliphatic rings. The Labute approximate surface area is 136 Å². The van der Waals surface area contributed by atoms with E-state index >= 15 is 0 Å². The van der Waals surface area contributed by atoms with Crippen molar-refractivity contribution < 1.29 is 0 Å². The first-order valence-corrected chi connectivity index (χ1v) is 7.84. The van der Waals surface area contributed by atoms with E-state index in [1.165, 1.54) is 11.1 Å². The lowest BCUT2D eigenvalue weighted by molar-refractivity contribution is 1.10. The second kappa shape index (κ2) is 5.40. The van der Waals surface area contributed by atoms with Gasteiger partial charge in [-0.15, -0.1) is 0 Å². The highest BCUT2D eigenvalue weighted by atomic mass is 15.1. The smallest absolute Gasteiger partial charge is 0.145 e. The van der Waals surface area contributed by atoms with E-state index in [-0.39, 0.29) is 0 Å². The Balaban J connectivity index is 2.05. The van der Waals surface area contributed by atoms with Gasteiger partial charge in [0.1, 0.15) is 5.82 Å². The Morgan fingerprint density at radius 1 is 0.739 bits per heavy atom. The van der Waals surface area contributed by atoms with Gasteiger partial charge in [-0.1, -0.05) is 54.1 Å². The van der Waals surface area contributed by atoms with Crippen LogP contribution in [0.1, 0.15) is 11.1 Å². The van der Waals surface area contributed by atoms with Crippen molar-refractivity contribution in [2.24, 2.45) is 0 Å². The minimum atomic E-state index is 0.982. The molecule has 4 aromatic rings. The third-order valence-electron chi connectivity index (χ3n) is 4.13. The van der Waals surface area contributed by atoms with E-state index in [4.69, 9.17) is 4.98 Å². The maximum Gasteiger partial charge on any atom is 0.145 e. The molecule has 0 radical (unpaired) electrons. The fourth-order valence-corrected chi connectivity index (χ4v) is 2.93. The van der Waals surface area contributed by atoms with Crippen molar-refractivity contribution in [3.05, 3.63) is 83.9 Å². The number of nitrogens with zero attached hydrogens (tertiary/aromatic N) is 2. The van der Waals surface area contributed by atoms with Crippen LogP contribution in [0.25, 0.3) is 28.1 Å². The molecule has 0 fully saturated rings. The summed E-state index contributed by atoms with van der Waals surface area (Å²) in [5, 5.41) is 0. The molecule has 4 rings (SSSR count). The predicted octanol–water partition coefficient (Wildman–Crippen LogP) is 5.31. The SMILES string of the molecule is Cc1ccc(-n2c(-c3ccccc3)nc3cc(C)ccc32)cc1. The van der Waals surface area contributed by atoms with Crippen molar-refractivity contribution in [1.29, 1.82) is 0 Å². The highest BCUT2D eigenvalue weighted by molar-refractivity contribution is 5.83. The minimum Gasteiger partial charge on any atom is -0.292 e. The Morgan fingerprint density at radius 2 is 1.43 bits per heavy atom. The molecule has 0 spiro atoms. The molecular weight excluding hydrogens is 280 g/mol. The molecule has 0 atom stereocenters. The second-order valence-corrected chi connectivity index (χ2v) is 5.96. The molecule has 0 aliphatic carbocycles. The molecule has 2 nitrogen and oxygen atoms in total. The molecule has 1 aromatic heterocycles. The van der Waals surface area contributed by atoms with Gasteiger partial charge in [-0.2, -0.15) is 0 Å². The van der Waals surface area contributed by atoms with Crippen LogP contribution >= 0.6 is 0 Å². The zero-order chi connectivity index (χ0) is 15.8. The number of aryl methyl sites for hydroxylation is 2. The van der Waals surface area contributed by atoms with E-state index in [0.717, 1.165) is 28.1 Å². The van der Waals surface area contributed by atoms with E-state index < -0.39 is 0 Å². The minimum absolute atomic E-state index is 0.982. The van der Waals surface area contributed by atoms with Gasteiger partial charge >= 0.3 is 0 Å². The Morgan fingerprint density at radius 3 is 2.17 bits per heavy atom. The summed E-state index contributed by atoms with van der Waals surface area (Å²) in [5.41, 5.74) is 6.92. The predicted molar refractivity (Wildman–Crippen MR) is 96.0 cm³/mol. The summed E-state index contributed by atoms with van der Waals surface area (Å²) < 4.78 is 2.24. The fourth-order valence-electron chi connectivity index (χ4n) is 2.93. The van der Waals surface area contributed by atoms with Crippen LogP contribution in [-0.2, 0) is 0 Å². The average molecular weight is 298 g/mol. The van der Waals surface area contributed by atoms with Crippen molar-refractivity contribution in [2.45, 2.75) is 13.8 Å². The van der Waals surface area contributed by atoms with Gasteiger partial charge in [0.2, 0.25) is 0 Å². The fraction of sp³-hybridized carbons (Fsp3) is 0.0952. The first kappa shape index (κ1) is 13.8. The van der Waals surface area contributed by atoms with Gasteiger partial charge in [0, 0.05) is 11.3 Å². The summed E-state index contributed by atoms with van der Waals surface area (Å²) in [6.45, 7) is 4.21. The molecule has 23 heavy (non-hydrogen) atoms. The van der Waals surface area contributed by atoms with Crippen LogP contribution in [0.3, 0.4) is 0 Å². The summed E-state index contributed by atoms with van der Waals surface area (Å²) in [6.07, 6.45) is 0. The maximum atomic E-state index is 4.91. The first-order valence-electron chi connectivity index (χ1n) is 7.84. The zero-order valence-electron chi connectivity index (χ0n) is 13.3. The summed E-state index contributed by atoms with van der Waals surface area (Å²) in [7, 11) is 0. The number of aromatic nitrogens is 2. The van der Waals surface area contributed by atoms with Gasteiger partial charge in [-0.25, -0.2) is 4.98 Å². The summed E-state index contributed by atoms with van der Waals surface area (Å²) in [6, 6.07) is 25.4. The highest BCUT2D eigenvalue weighted by Gasteiger charge is 2.14. The topological polar surface area (TPSA) is 17.8 Å². The van der Waals surface area contributed by atoms with Gasteiger partial charge in [0.05, 0.1) is 11.0 Å². The standard InChI is InChI=1S/C21H18N2/c1-15-8-11-18(12-9-15)23-20-13-10-16(2)14-19(20)22-21(23)17-6-4-3-5-7-17/h3-14H,1-2H3. The zero-order valence-corrected chi connectivity index (χ0v) is 13.3. The van der Waals surface area contributed by atoms with E-state index in [1.54, 1.807) is 0 Å². The number of hydrogen-bond donors (Lipinski definition) is 0. The quantitative estimate of drug-likeness (QED) is 0.490. The van der Waals surface area contributed by atoms with Crippen LogP contribution in [0.15, 0.2) is 72.8 Å². The molecule has 0 saturated carbocycles. The van der Waals surface area contributed by atoms with Gasteiger partial charge < -0.3 is 0 Å². The molecule has 112 valence electrons. The third-order valence-corrected chi connectivity index (χ3v) is 4.13. The Bertz CT molecular complexity index is 964. The summed E-state index contributed by atoms with van der Waals surface area (Å²) >= 11 is 0. The van der Waals surface area contributed by atoms with E-state index in [1.807, 2.05) is 6.07 Å². The second-order valence-electron chi connectivity index (χ2n) is 5.96. The molecule has 2 heteroatoms. The molecule has 0 saturated heterocycles. The van der Waals surface area contributed by atoms with Crippen LogP contribution in [0, 0.1) is 13.8 Å². The van der Waals surface area contributed by atoms with Gasteiger partial charge in [-0.05, 0) is 43.7 Å². The molecular formula is C21H18N2. The lowest BCUT2D eigenvalue weighted by atomic mass is 10.2. The Kier molecular flexibility index (Phi) is 3.23. The monoisotopic (exact) mass is 298 g/mol. The number of fused-ring (bicyclic) bond motifs is 1.